The van der Waals surface area contributed by atoms with Crippen molar-refractivity contribution in [1.82, 2.24) is 20.3 Å². The third-order valence-electron chi connectivity index (χ3n) is 4.74. The molecule has 0 fully saturated rings. The molecule has 1 aromatic carbocycles. The monoisotopic (exact) mass is 453 g/mol. The number of anilines is 1. The lowest BCUT2D eigenvalue weighted by Gasteiger charge is -2.27. The smallest absolute Gasteiger partial charge is 0.394 e. The van der Waals surface area contributed by atoms with Gasteiger partial charge < -0.3 is 25.3 Å². The molecule has 0 unspecified atom stereocenters. The van der Waals surface area contributed by atoms with Crippen LogP contribution in [0, 0.1) is 5.82 Å². The van der Waals surface area contributed by atoms with Gasteiger partial charge in [-0.3, -0.25) is 0 Å². The molecular weight excluding hydrogens is 429 g/mol. The van der Waals surface area contributed by atoms with Gasteiger partial charge in [0.05, 0.1) is 36.5 Å². The number of aliphatic hydroxyl groups is 1. The van der Waals surface area contributed by atoms with E-state index in [1.807, 2.05) is 6.92 Å². The van der Waals surface area contributed by atoms with Gasteiger partial charge in [-0.2, -0.15) is 0 Å². The summed E-state index contributed by atoms with van der Waals surface area (Å²) < 4.78 is 18.5. The van der Waals surface area contributed by atoms with Gasteiger partial charge in [-0.05, 0) is 36.6 Å². The van der Waals surface area contributed by atoms with Gasteiger partial charge in [0, 0.05) is 25.9 Å². The number of fused-ring (bicyclic) bond motifs is 1. The molecule has 3 N–H and O–H groups in total. The van der Waals surface area contributed by atoms with E-state index in [2.05, 4.69) is 20.6 Å². The van der Waals surface area contributed by atoms with Crippen LogP contribution in [0.1, 0.15) is 29.8 Å². The Bertz CT molecular complexity index is 919. The highest BCUT2D eigenvalue weighted by Gasteiger charge is 2.24. The lowest BCUT2D eigenvalue weighted by Crippen LogP contribution is -2.39. The van der Waals surface area contributed by atoms with E-state index in [9.17, 15) is 14.3 Å². The highest BCUT2D eigenvalue weighted by atomic mass is 35.5. The molecule has 0 bridgehead atoms. The predicted molar refractivity (Wildman–Crippen MR) is 112 cm³/mol. The number of carbonyl (C=O) groups excluding carboxylic acids is 1. The lowest BCUT2D eigenvalue weighted by molar-refractivity contribution is -0.113. The van der Waals surface area contributed by atoms with Gasteiger partial charge in [-0.15, -0.1) is 5.06 Å². The fourth-order valence-corrected chi connectivity index (χ4v) is 3.38. The van der Waals surface area contributed by atoms with Crippen molar-refractivity contribution in [3.8, 4) is 0 Å². The molecule has 0 radical (unpaired) electrons. The Hall–Kier alpha value is -2.53. The largest absolute Gasteiger partial charge is 0.426 e. The summed E-state index contributed by atoms with van der Waals surface area (Å²) in [5, 5.41) is 16.7. The molecule has 2 heterocycles. The molecule has 31 heavy (non-hydrogen) atoms. The number of hydroxylamine groups is 2. The maximum absolute atomic E-state index is 13.4. The highest BCUT2D eigenvalue weighted by Crippen LogP contribution is 2.22. The second-order valence-corrected chi connectivity index (χ2v) is 7.62. The number of carbonyl (C=O) groups is 1. The zero-order valence-electron chi connectivity index (χ0n) is 17.3. The van der Waals surface area contributed by atoms with Crippen molar-refractivity contribution in [3.63, 3.8) is 0 Å². The van der Waals surface area contributed by atoms with E-state index in [1.54, 1.807) is 13.3 Å². The number of ether oxygens (including phenoxy) is 1. The van der Waals surface area contributed by atoms with Gasteiger partial charge in [0.2, 0.25) is 5.95 Å². The first-order valence-electron chi connectivity index (χ1n) is 9.79. The number of methoxy groups -OCH3 is 1. The topological polar surface area (TPSA) is 109 Å². The molecule has 0 saturated carbocycles. The van der Waals surface area contributed by atoms with Crippen LogP contribution in [0.2, 0.25) is 5.02 Å². The third-order valence-corrected chi connectivity index (χ3v) is 5.03. The van der Waals surface area contributed by atoms with Crippen LogP contribution >= 0.6 is 11.6 Å². The van der Waals surface area contributed by atoms with Crippen LogP contribution in [0.3, 0.4) is 0 Å². The first-order chi connectivity index (χ1) is 14.9. The summed E-state index contributed by atoms with van der Waals surface area (Å²) in [5.41, 5.74) is 2.20. The molecule has 2 atom stereocenters. The molecule has 0 saturated heterocycles. The molecule has 1 aliphatic heterocycles. The Morgan fingerprint density at radius 2 is 2.26 bits per heavy atom. The molecule has 11 heteroatoms. The molecule has 0 aliphatic carbocycles. The quantitative estimate of drug-likeness (QED) is 0.559. The minimum absolute atomic E-state index is 0.0418. The maximum Gasteiger partial charge on any atom is 0.426 e. The summed E-state index contributed by atoms with van der Waals surface area (Å²) >= 11 is 5.78. The lowest BCUT2D eigenvalue weighted by atomic mass is 10.1. The average Bonchev–Trinajstić information content (AvgIpc) is 2.74. The number of hydrogen-bond donors (Lipinski definition) is 3. The van der Waals surface area contributed by atoms with E-state index in [0.29, 0.717) is 37.6 Å². The van der Waals surface area contributed by atoms with Crippen LogP contribution < -0.4 is 10.6 Å². The molecule has 168 valence electrons. The van der Waals surface area contributed by atoms with Gasteiger partial charge in [-0.1, -0.05) is 17.7 Å². The Labute approximate surface area is 184 Å². The highest BCUT2D eigenvalue weighted by molar-refractivity contribution is 6.30. The van der Waals surface area contributed by atoms with Crippen molar-refractivity contribution >= 4 is 23.6 Å². The van der Waals surface area contributed by atoms with E-state index in [0.717, 1.165) is 11.3 Å². The number of hydrogen-bond acceptors (Lipinski definition) is 8. The van der Waals surface area contributed by atoms with E-state index >= 15 is 0 Å². The summed E-state index contributed by atoms with van der Waals surface area (Å²) in [5.74, 6) is -0.104. The summed E-state index contributed by atoms with van der Waals surface area (Å²) in [7, 11) is 1.62. The second kappa shape index (κ2) is 10.7. The fourth-order valence-electron chi connectivity index (χ4n) is 3.19. The maximum atomic E-state index is 13.4. The standard InChI is InChI=1S/C20H25ClFN5O4/c1-12(11-30-2)24-19-23-8-14-5-6-27(9-17(14)25-19)31-20(29)26-18(10-28)13-3-4-16(22)15(21)7-13/h3-4,7-8,12,18,28H,5-6,9-11H2,1-2H3,(H,26,29)(H,23,24,25)/t12-,18+/m0/s1. The van der Waals surface area contributed by atoms with Crippen LogP contribution in [0.5, 0.6) is 0 Å². The zero-order chi connectivity index (χ0) is 22.4. The van der Waals surface area contributed by atoms with Gasteiger partial charge in [0.1, 0.15) is 5.82 Å². The first-order valence-corrected chi connectivity index (χ1v) is 10.2. The van der Waals surface area contributed by atoms with Gasteiger partial charge in [0.25, 0.3) is 0 Å². The average molecular weight is 454 g/mol. The van der Waals surface area contributed by atoms with Crippen molar-refractivity contribution in [1.29, 1.82) is 0 Å². The van der Waals surface area contributed by atoms with E-state index in [4.69, 9.17) is 21.2 Å². The number of nitrogens with zero attached hydrogens (tertiary/aromatic N) is 3. The van der Waals surface area contributed by atoms with Crippen LogP contribution in [0.25, 0.3) is 0 Å². The Morgan fingerprint density at radius 1 is 1.45 bits per heavy atom. The molecule has 3 rings (SSSR count). The van der Waals surface area contributed by atoms with Crippen molar-refractivity contribution in [3.05, 3.63) is 52.1 Å². The normalized spacial score (nSPS) is 15.6. The summed E-state index contributed by atoms with van der Waals surface area (Å²) in [6.07, 6.45) is 1.64. The number of nitrogens with one attached hydrogen (secondary N) is 2. The first kappa shape index (κ1) is 23.1. The van der Waals surface area contributed by atoms with Crippen molar-refractivity contribution in [2.75, 3.05) is 32.2 Å². The van der Waals surface area contributed by atoms with Crippen molar-refractivity contribution in [2.45, 2.75) is 32.0 Å². The van der Waals surface area contributed by atoms with E-state index < -0.39 is 24.6 Å². The Balaban J connectivity index is 1.59. The Kier molecular flexibility index (Phi) is 7.97. The predicted octanol–water partition coefficient (Wildman–Crippen LogP) is 2.45. The van der Waals surface area contributed by atoms with Gasteiger partial charge >= 0.3 is 6.09 Å². The molecule has 2 aromatic rings. The minimum Gasteiger partial charge on any atom is -0.394 e. The second-order valence-electron chi connectivity index (χ2n) is 7.21. The van der Waals surface area contributed by atoms with Crippen molar-refractivity contribution < 1.29 is 23.9 Å². The van der Waals surface area contributed by atoms with Crippen LogP contribution in [0.4, 0.5) is 15.1 Å². The molecule has 0 spiro atoms. The molecule has 1 aromatic heterocycles. The molecule has 9 nitrogen and oxygen atoms in total. The summed E-state index contributed by atoms with van der Waals surface area (Å²) in [4.78, 5) is 26.6. The van der Waals surface area contributed by atoms with Crippen molar-refractivity contribution in [2.24, 2.45) is 0 Å². The number of benzene rings is 1. The fraction of sp³-hybridized carbons (Fsp3) is 0.450. The van der Waals surface area contributed by atoms with E-state index in [-0.39, 0.29) is 11.1 Å². The zero-order valence-corrected chi connectivity index (χ0v) is 18.0. The number of aliphatic hydroxyl groups excluding tert-OH is 1. The van der Waals surface area contributed by atoms with Crippen LogP contribution in [-0.4, -0.2) is 59.1 Å². The Morgan fingerprint density at radius 3 is 2.97 bits per heavy atom. The van der Waals surface area contributed by atoms with Gasteiger partial charge in [0.15, 0.2) is 0 Å². The molecule has 1 amide bonds. The van der Waals surface area contributed by atoms with Crippen LogP contribution in [-0.2, 0) is 22.5 Å². The SMILES string of the molecule is COC[C@H](C)Nc1ncc2c(n1)CN(OC(=O)N[C@H](CO)c1ccc(F)c(Cl)c1)CC2. The summed E-state index contributed by atoms with van der Waals surface area (Å²) in [6.45, 7) is 2.84. The van der Waals surface area contributed by atoms with Crippen LogP contribution in [0.15, 0.2) is 24.4 Å². The number of amides is 1. The third kappa shape index (κ3) is 6.23. The van der Waals surface area contributed by atoms with Gasteiger partial charge in [-0.25, -0.2) is 19.2 Å². The number of rotatable bonds is 8. The number of halogens is 2. The molecule has 1 aliphatic rings. The minimum atomic E-state index is -0.789. The molecular formula is C20H25ClFN5O4. The number of aromatic nitrogens is 2. The summed E-state index contributed by atoms with van der Waals surface area (Å²) in [6, 6.07) is 3.22. The van der Waals surface area contributed by atoms with E-state index in [1.165, 1.54) is 23.3 Å².